The third-order valence-electron chi connectivity index (χ3n) is 5.94. The van der Waals surface area contributed by atoms with Gasteiger partial charge in [0.2, 0.25) is 5.91 Å². The lowest BCUT2D eigenvalue weighted by molar-refractivity contribution is -0.126. The number of fused-ring (bicyclic) bond motifs is 1. The molecule has 2 aromatic rings. The number of para-hydroxylation sites is 1. The Morgan fingerprint density at radius 2 is 1.83 bits per heavy atom. The molecule has 1 aliphatic heterocycles. The van der Waals surface area contributed by atoms with E-state index < -0.39 is 5.54 Å². The maximum absolute atomic E-state index is 13.8. The molecule has 0 saturated heterocycles. The number of hydrogen-bond acceptors (Lipinski definition) is 2. The first-order valence-corrected chi connectivity index (χ1v) is 10.7. The second-order valence-corrected chi connectivity index (χ2v) is 8.49. The number of carbonyl (C=O) groups is 2. The lowest BCUT2D eigenvalue weighted by Crippen LogP contribution is -2.59. The molecule has 0 saturated carbocycles. The van der Waals surface area contributed by atoms with Gasteiger partial charge >= 0.3 is 0 Å². The summed E-state index contributed by atoms with van der Waals surface area (Å²) in [6.07, 6.45) is 3.00. The fourth-order valence-corrected chi connectivity index (χ4v) is 4.06. The Balaban J connectivity index is 2.08. The van der Waals surface area contributed by atoms with Crippen LogP contribution in [0.2, 0.25) is 0 Å². The smallest absolute Gasteiger partial charge is 0.259 e. The van der Waals surface area contributed by atoms with Crippen LogP contribution in [0.25, 0.3) is 0 Å². The first-order valence-electron chi connectivity index (χ1n) is 10.7. The van der Waals surface area contributed by atoms with Crippen LogP contribution in [0.4, 0.5) is 5.69 Å². The van der Waals surface area contributed by atoms with Gasteiger partial charge in [-0.3, -0.25) is 14.5 Å². The summed E-state index contributed by atoms with van der Waals surface area (Å²) in [4.78, 5) is 28.9. The summed E-state index contributed by atoms with van der Waals surface area (Å²) in [5.41, 5.74) is 2.66. The summed E-state index contributed by atoms with van der Waals surface area (Å²) in [5.74, 6) is 0.339. The zero-order chi connectivity index (χ0) is 21.0. The number of hydrogen-bond donors (Lipinski definition) is 1. The minimum absolute atomic E-state index is 0.0785. The number of anilines is 1. The summed E-state index contributed by atoms with van der Waals surface area (Å²) in [7, 11) is 0. The summed E-state index contributed by atoms with van der Waals surface area (Å²) < 4.78 is 0. The molecule has 154 valence electrons. The van der Waals surface area contributed by atoms with Crippen molar-refractivity contribution in [2.45, 2.75) is 58.9 Å². The van der Waals surface area contributed by atoms with E-state index in [0.717, 1.165) is 29.7 Å². The van der Waals surface area contributed by atoms with Crippen molar-refractivity contribution in [2.75, 3.05) is 11.4 Å². The van der Waals surface area contributed by atoms with E-state index in [2.05, 4.69) is 26.1 Å². The number of carbonyl (C=O) groups excluding carboxylic acids is 2. The molecular formula is C25H32N2O2. The molecule has 0 aromatic heterocycles. The van der Waals surface area contributed by atoms with E-state index in [1.54, 1.807) is 4.90 Å². The first-order chi connectivity index (χ1) is 13.9. The molecule has 2 amide bonds. The maximum Gasteiger partial charge on any atom is 0.259 e. The number of nitrogens with one attached hydrogen (secondary N) is 1. The van der Waals surface area contributed by atoms with Gasteiger partial charge in [0.25, 0.3) is 5.91 Å². The van der Waals surface area contributed by atoms with Gasteiger partial charge in [-0.2, -0.15) is 0 Å². The van der Waals surface area contributed by atoms with Gasteiger partial charge in [0.05, 0.1) is 0 Å². The molecule has 0 fully saturated rings. The molecule has 0 bridgehead atoms. The zero-order valence-corrected chi connectivity index (χ0v) is 18.0. The molecule has 4 heteroatoms. The molecule has 0 unspecified atom stereocenters. The van der Waals surface area contributed by atoms with Gasteiger partial charge in [-0.15, -0.1) is 0 Å². The number of benzene rings is 2. The Hall–Kier alpha value is -2.62. The van der Waals surface area contributed by atoms with Crippen LogP contribution < -0.4 is 10.2 Å². The van der Waals surface area contributed by atoms with E-state index in [4.69, 9.17) is 0 Å². The normalized spacial score (nSPS) is 19.1. The van der Waals surface area contributed by atoms with E-state index in [9.17, 15) is 9.59 Å². The van der Waals surface area contributed by atoms with Crippen molar-refractivity contribution in [3.05, 3.63) is 65.2 Å². The molecule has 1 atom stereocenters. The highest BCUT2D eigenvalue weighted by Gasteiger charge is 2.45. The largest absolute Gasteiger partial charge is 0.354 e. The minimum Gasteiger partial charge on any atom is -0.354 e. The van der Waals surface area contributed by atoms with E-state index in [0.29, 0.717) is 30.9 Å². The average molecular weight is 393 g/mol. The van der Waals surface area contributed by atoms with Gasteiger partial charge < -0.3 is 5.32 Å². The third kappa shape index (κ3) is 4.21. The highest BCUT2D eigenvalue weighted by atomic mass is 16.2. The number of amides is 2. The molecule has 0 radical (unpaired) electrons. The van der Waals surface area contributed by atoms with Crippen LogP contribution in [0, 0.1) is 5.92 Å². The van der Waals surface area contributed by atoms with Crippen molar-refractivity contribution >= 4 is 17.5 Å². The molecule has 0 spiro atoms. The van der Waals surface area contributed by atoms with Crippen molar-refractivity contribution in [1.82, 2.24) is 5.32 Å². The van der Waals surface area contributed by atoms with Gasteiger partial charge in [-0.25, -0.2) is 0 Å². The van der Waals surface area contributed by atoms with Crippen molar-refractivity contribution < 1.29 is 9.59 Å². The van der Waals surface area contributed by atoms with Crippen LogP contribution in [-0.4, -0.2) is 23.9 Å². The van der Waals surface area contributed by atoms with Gasteiger partial charge in [0, 0.05) is 17.8 Å². The quantitative estimate of drug-likeness (QED) is 0.770. The molecule has 4 nitrogen and oxygen atoms in total. The first kappa shape index (κ1) is 21.1. The Kier molecular flexibility index (Phi) is 6.41. The SMILES string of the molecule is CCc1ccccc1N1C(=O)c2ccccc2CC[C@@]1(C)C(=O)NCCC(C)C. The highest BCUT2D eigenvalue weighted by molar-refractivity contribution is 6.13. The Morgan fingerprint density at radius 1 is 1.14 bits per heavy atom. The second-order valence-electron chi connectivity index (χ2n) is 8.49. The predicted octanol–water partition coefficient (Wildman–Crippen LogP) is 4.76. The van der Waals surface area contributed by atoms with Crippen LogP contribution in [0.5, 0.6) is 0 Å². The molecular weight excluding hydrogens is 360 g/mol. The van der Waals surface area contributed by atoms with Crippen LogP contribution in [0.3, 0.4) is 0 Å². The Labute approximate surface area is 174 Å². The number of aryl methyl sites for hydroxylation is 2. The summed E-state index contributed by atoms with van der Waals surface area (Å²) in [6.45, 7) is 8.90. The Morgan fingerprint density at radius 3 is 2.55 bits per heavy atom. The zero-order valence-electron chi connectivity index (χ0n) is 18.0. The monoisotopic (exact) mass is 392 g/mol. The molecule has 1 aliphatic rings. The van der Waals surface area contributed by atoms with Gasteiger partial charge in [-0.1, -0.05) is 57.2 Å². The highest BCUT2D eigenvalue weighted by Crippen LogP contribution is 2.36. The average Bonchev–Trinajstić information content (AvgIpc) is 2.83. The molecule has 3 rings (SSSR count). The number of rotatable bonds is 6. The van der Waals surface area contributed by atoms with Gasteiger partial charge in [0.15, 0.2) is 0 Å². The van der Waals surface area contributed by atoms with Crippen molar-refractivity contribution in [1.29, 1.82) is 0 Å². The van der Waals surface area contributed by atoms with Crippen LogP contribution in [0.1, 0.15) is 62.0 Å². The van der Waals surface area contributed by atoms with Crippen molar-refractivity contribution in [2.24, 2.45) is 5.92 Å². The van der Waals surface area contributed by atoms with E-state index in [1.165, 1.54) is 0 Å². The lowest BCUT2D eigenvalue weighted by atomic mass is 9.90. The lowest BCUT2D eigenvalue weighted by Gasteiger charge is -2.40. The molecule has 29 heavy (non-hydrogen) atoms. The standard InChI is InChI=1S/C25H32N2O2/c1-5-19-10-7-9-13-22(19)27-23(28)21-12-8-6-11-20(21)14-16-25(27,4)24(29)26-17-15-18(2)3/h6-13,18H,5,14-17H2,1-4H3,(H,26,29)/t25-/m0/s1. The van der Waals surface area contributed by atoms with Crippen LogP contribution >= 0.6 is 0 Å². The molecule has 0 aliphatic carbocycles. The van der Waals surface area contributed by atoms with E-state index >= 15 is 0 Å². The summed E-state index contributed by atoms with van der Waals surface area (Å²) >= 11 is 0. The second kappa shape index (κ2) is 8.81. The van der Waals surface area contributed by atoms with Crippen LogP contribution in [-0.2, 0) is 17.6 Å². The molecule has 1 heterocycles. The third-order valence-corrected chi connectivity index (χ3v) is 5.94. The summed E-state index contributed by atoms with van der Waals surface area (Å²) in [5, 5.41) is 3.10. The molecule has 2 aromatic carbocycles. The van der Waals surface area contributed by atoms with E-state index in [1.807, 2.05) is 55.5 Å². The fourth-order valence-electron chi connectivity index (χ4n) is 4.06. The topological polar surface area (TPSA) is 49.4 Å². The van der Waals surface area contributed by atoms with E-state index in [-0.39, 0.29) is 11.8 Å². The minimum atomic E-state index is -0.946. The van der Waals surface area contributed by atoms with Crippen molar-refractivity contribution in [3.8, 4) is 0 Å². The maximum atomic E-state index is 13.8. The van der Waals surface area contributed by atoms with Gasteiger partial charge in [0.1, 0.15) is 5.54 Å². The summed E-state index contributed by atoms with van der Waals surface area (Å²) in [6, 6.07) is 15.7. The van der Waals surface area contributed by atoms with Crippen molar-refractivity contribution in [3.63, 3.8) is 0 Å². The predicted molar refractivity (Wildman–Crippen MR) is 118 cm³/mol. The fraction of sp³-hybridized carbons (Fsp3) is 0.440. The van der Waals surface area contributed by atoms with Gasteiger partial charge in [-0.05, 0) is 61.8 Å². The Bertz CT molecular complexity index is 890. The van der Waals surface area contributed by atoms with Crippen LogP contribution in [0.15, 0.2) is 48.5 Å². The number of nitrogens with zero attached hydrogens (tertiary/aromatic N) is 1. The molecule has 1 N–H and O–H groups in total.